The fourth-order valence-corrected chi connectivity index (χ4v) is 3.38. The van der Waals surface area contributed by atoms with Gasteiger partial charge in [0.25, 0.3) is 0 Å². The topological polar surface area (TPSA) is 37.3 Å². The van der Waals surface area contributed by atoms with Crippen molar-refractivity contribution in [1.29, 1.82) is 0 Å². The monoisotopic (exact) mass is 288 g/mol. The van der Waals surface area contributed by atoms with E-state index in [1.165, 1.54) is 31.2 Å². The average molecular weight is 288 g/mol. The molecule has 2 nitrogen and oxygen atoms in total. The van der Waals surface area contributed by atoms with Crippen LogP contribution >= 0.6 is 0 Å². The van der Waals surface area contributed by atoms with E-state index < -0.39 is 0 Å². The van der Waals surface area contributed by atoms with Crippen molar-refractivity contribution in [2.24, 2.45) is 11.8 Å². The molecule has 1 saturated carbocycles. The molecule has 116 valence electrons. The lowest BCUT2D eigenvalue weighted by molar-refractivity contribution is -0.126. The molecule has 1 aromatic rings. The van der Waals surface area contributed by atoms with Crippen LogP contribution in [0, 0.1) is 11.8 Å². The van der Waals surface area contributed by atoms with E-state index in [4.69, 9.17) is 0 Å². The number of phenolic OH excluding ortho intramolecular Hbond substituents is 1. The second-order valence-electron chi connectivity index (χ2n) is 6.51. The number of hydrogen-bond donors (Lipinski definition) is 1. The van der Waals surface area contributed by atoms with Gasteiger partial charge >= 0.3 is 0 Å². The Labute approximate surface area is 128 Å². The summed E-state index contributed by atoms with van der Waals surface area (Å²) in [7, 11) is 0. The predicted molar refractivity (Wildman–Crippen MR) is 86.4 cm³/mol. The highest BCUT2D eigenvalue weighted by atomic mass is 16.3. The Hall–Kier alpha value is -1.31. The summed E-state index contributed by atoms with van der Waals surface area (Å²) in [5, 5.41) is 9.28. The second-order valence-corrected chi connectivity index (χ2v) is 6.51. The molecule has 0 bridgehead atoms. The molecule has 0 saturated heterocycles. The molecule has 2 heteroatoms. The number of aromatic hydroxyl groups is 1. The maximum atomic E-state index is 12.2. The van der Waals surface area contributed by atoms with Gasteiger partial charge in [0.15, 0.2) is 0 Å². The number of benzene rings is 1. The standard InChI is InChI=1S/C19H28O2/c1-2-3-4-5-17-11-8-16(14-19(17)21)7-6-15-9-12-18(20)13-10-15/h9-10,12-13,16-17,20H,2-8,11,14H2,1H3. The van der Waals surface area contributed by atoms with Crippen LogP contribution in [0.1, 0.15) is 63.9 Å². The highest BCUT2D eigenvalue weighted by Crippen LogP contribution is 2.32. The number of rotatable bonds is 7. The fourth-order valence-electron chi connectivity index (χ4n) is 3.38. The predicted octanol–water partition coefficient (Wildman–Crippen LogP) is 4.89. The highest BCUT2D eigenvalue weighted by Gasteiger charge is 2.27. The summed E-state index contributed by atoms with van der Waals surface area (Å²) in [5.74, 6) is 1.74. The van der Waals surface area contributed by atoms with Crippen molar-refractivity contribution in [3.63, 3.8) is 0 Å². The van der Waals surface area contributed by atoms with Gasteiger partial charge in [0.05, 0.1) is 0 Å². The molecule has 0 heterocycles. The number of aryl methyl sites for hydroxylation is 1. The van der Waals surface area contributed by atoms with Gasteiger partial charge in [-0.15, -0.1) is 0 Å². The van der Waals surface area contributed by atoms with Crippen molar-refractivity contribution < 1.29 is 9.90 Å². The van der Waals surface area contributed by atoms with Gasteiger partial charge in [0.2, 0.25) is 0 Å². The largest absolute Gasteiger partial charge is 0.508 e. The van der Waals surface area contributed by atoms with E-state index in [9.17, 15) is 9.90 Å². The van der Waals surface area contributed by atoms with Gasteiger partial charge in [-0.05, 0) is 55.7 Å². The van der Waals surface area contributed by atoms with E-state index in [2.05, 4.69) is 6.92 Å². The van der Waals surface area contributed by atoms with Crippen molar-refractivity contribution in [3.05, 3.63) is 29.8 Å². The normalized spacial score (nSPS) is 22.4. The maximum absolute atomic E-state index is 12.2. The Morgan fingerprint density at radius 3 is 2.52 bits per heavy atom. The van der Waals surface area contributed by atoms with Gasteiger partial charge in [0.1, 0.15) is 11.5 Å². The Kier molecular flexibility index (Phi) is 6.28. The number of hydrogen-bond acceptors (Lipinski definition) is 2. The van der Waals surface area contributed by atoms with Crippen molar-refractivity contribution in [2.75, 3.05) is 0 Å². The van der Waals surface area contributed by atoms with Crippen LogP contribution in [-0.2, 0) is 11.2 Å². The van der Waals surface area contributed by atoms with E-state index in [0.29, 0.717) is 23.4 Å². The molecule has 0 amide bonds. The van der Waals surface area contributed by atoms with Crippen molar-refractivity contribution >= 4 is 5.78 Å². The fraction of sp³-hybridized carbons (Fsp3) is 0.632. The molecular weight excluding hydrogens is 260 g/mol. The summed E-state index contributed by atoms with van der Waals surface area (Å²) in [6.07, 6.45) is 10.0. The van der Waals surface area contributed by atoms with E-state index in [1.807, 2.05) is 12.1 Å². The quantitative estimate of drug-likeness (QED) is 0.725. The third kappa shape index (κ3) is 5.18. The van der Waals surface area contributed by atoms with Gasteiger partial charge in [-0.2, -0.15) is 0 Å². The lowest BCUT2D eigenvalue weighted by Gasteiger charge is -2.27. The van der Waals surface area contributed by atoms with Crippen LogP contribution in [0.3, 0.4) is 0 Å². The van der Waals surface area contributed by atoms with Gasteiger partial charge in [-0.1, -0.05) is 38.3 Å². The second kappa shape index (κ2) is 8.21. The summed E-state index contributed by atoms with van der Waals surface area (Å²) < 4.78 is 0. The van der Waals surface area contributed by atoms with E-state index in [-0.39, 0.29) is 0 Å². The van der Waals surface area contributed by atoms with Gasteiger partial charge < -0.3 is 5.11 Å². The summed E-state index contributed by atoms with van der Waals surface area (Å²) in [6, 6.07) is 7.44. The highest BCUT2D eigenvalue weighted by molar-refractivity contribution is 5.81. The molecule has 0 aliphatic heterocycles. The summed E-state index contributed by atoms with van der Waals surface area (Å²) in [6.45, 7) is 2.21. The molecule has 1 aliphatic rings. The van der Waals surface area contributed by atoms with Crippen molar-refractivity contribution in [2.45, 2.75) is 64.7 Å². The smallest absolute Gasteiger partial charge is 0.136 e. The molecule has 0 radical (unpaired) electrons. The Bertz CT molecular complexity index is 435. The van der Waals surface area contributed by atoms with E-state index in [0.717, 1.165) is 32.1 Å². The molecule has 1 aliphatic carbocycles. The molecule has 0 spiro atoms. The molecular formula is C19H28O2. The molecule has 2 unspecified atom stereocenters. The Morgan fingerprint density at radius 1 is 1.10 bits per heavy atom. The molecule has 2 rings (SSSR count). The van der Waals surface area contributed by atoms with Crippen LogP contribution in [0.4, 0.5) is 0 Å². The van der Waals surface area contributed by atoms with E-state index >= 15 is 0 Å². The number of ketones is 1. The SMILES string of the molecule is CCCCCC1CCC(CCc2ccc(O)cc2)CC1=O. The van der Waals surface area contributed by atoms with Crippen LogP contribution in [-0.4, -0.2) is 10.9 Å². The van der Waals surface area contributed by atoms with Crippen LogP contribution in [0.15, 0.2) is 24.3 Å². The minimum absolute atomic E-state index is 0.321. The molecule has 2 atom stereocenters. The molecule has 1 N–H and O–H groups in total. The first kappa shape index (κ1) is 16.1. The average Bonchev–Trinajstić information content (AvgIpc) is 2.49. The van der Waals surface area contributed by atoms with Gasteiger partial charge in [0, 0.05) is 12.3 Å². The first-order valence-corrected chi connectivity index (χ1v) is 8.49. The maximum Gasteiger partial charge on any atom is 0.136 e. The zero-order valence-corrected chi connectivity index (χ0v) is 13.2. The summed E-state index contributed by atoms with van der Waals surface area (Å²) >= 11 is 0. The summed E-state index contributed by atoms with van der Waals surface area (Å²) in [4.78, 5) is 12.2. The lowest BCUT2D eigenvalue weighted by Crippen LogP contribution is -2.25. The van der Waals surface area contributed by atoms with E-state index in [1.54, 1.807) is 12.1 Å². The van der Waals surface area contributed by atoms with Crippen LogP contribution in [0.2, 0.25) is 0 Å². The Morgan fingerprint density at radius 2 is 1.86 bits per heavy atom. The number of phenols is 1. The number of carbonyl (C=O) groups excluding carboxylic acids is 1. The minimum atomic E-state index is 0.321. The lowest BCUT2D eigenvalue weighted by atomic mass is 9.77. The van der Waals surface area contributed by atoms with Crippen LogP contribution < -0.4 is 0 Å². The van der Waals surface area contributed by atoms with Crippen LogP contribution in [0.5, 0.6) is 5.75 Å². The summed E-state index contributed by atoms with van der Waals surface area (Å²) in [5.41, 5.74) is 1.25. The third-order valence-corrected chi connectivity index (χ3v) is 4.80. The number of Topliss-reactive ketones (excluding diaryl/α,β-unsaturated/α-hetero) is 1. The van der Waals surface area contributed by atoms with Crippen LogP contribution in [0.25, 0.3) is 0 Å². The minimum Gasteiger partial charge on any atom is -0.508 e. The Balaban J connectivity index is 1.72. The first-order valence-electron chi connectivity index (χ1n) is 8.49. The number of unbranched alkanes of at least 4 members (excludes halogenated alkanes) is 2. The molecule has 21 heavy (non-hydrogen) atoms. The third-order valence-electron chi connectivity index (χ3n) is 4.80. The molecule has 1 fully saturated rings. The van der Waals surface area contributed by atoms with Gasteiger partial charge in [-0.3, -0.25) is 4.79 Å². The van der Waals surface area contributed by atoms with Crippen molar-refractivity contribution in [1.82, 2.24) is 0 Å². The molecule has 1 aromatic carbocycles. The zero-order valence-electron chi connectivity index (χ0n) is 13.2. The molecule has 0 aromatic heterocycles. The zero-order chi connectivity index (χ0) is 15.1. The number of carbonyl (C=O) groups is 1. The van der Waals surface area contributed by atoms with Crippen molar-refractivity contribution in [3.8, 4) is 5.75 Å². The van der Waals surface area contributed by atoms with Gasteiger partial charge in [-0.25, -0.2) is 0 Å². The first-order chi connectivity index (χ1) is 10.2.